The quantitative estimate of drug-likeness (QED) is 0.286. The van der Waals surface area contributed by atoms with Gasteiger partial charge in [0.2, 0.25) is 0 Å². The first-order valence-corrected chi connectivity index (χ1v) is 8.02. The van der Waals surface area contributed by atoms with E-state index in [1.54, 1.807) is 0 Å². The van der Waals surface area contributed by atoms with E-state index in [0.717, 1.165) is 21.0 Å². The second-order valence-corrected chi connectivity index (χ2v) is 6.52. The smallest absolute Gasteiger partial charge is 0.143 e. The highest BCUT2D eigenvalue weighted by Gasteiger charge is 2.11. The molecule has 0 saturated heterocycles. The van der Waals surface area contributed by atoms with E-state index < -0.39 is 0 Å². The van der Waals surface area contributed by atoms with Gasteiger partial charge in [-0.2, -0.15) is 0 Å². The third-order valence-electron chi connectivity index (χ3n) is 4.28. The van der Waals surface area contributed by atoms with E-state index in [9.17, 15) is 0 Å². The molecule has 0 bridgehead atoms. The fourth-order valence-electron chi connectivity index (χ4n) is 3.22. The first-order chi connectivity index (χ1) is 10.8. The van der Waals surface area contributed by atoms with Gasteiger partial charge in [0.15, 0.2) is 0 Å². The molecule has 0 aliphatic heterocycles. The van der Waals surface area contributed by atoms with Crippen LogP contribution in [0.25, 0.3) is 43.5 Å². The minimum Gasteiger partial charge on any atom is -0.455 e. The molecule has 0 fully saturated rings. The lowest BCUT2D eigenvalue weighted by molar-refractivity contribution is 0.672. The van der Waals surface area contributed by atoms with Crippen LogP contribution < -0.4 is 0 Å². The van der Waals surface area contributed by atoms with E-state index >= 15 is 0 Å². The minimum absolute atomic E-state index is 0.929. The standard InChI is InChI=1S/C20H11BrO/c21-15-6-8-19-18(11-15)16-7-5-14-9-12-3-1-2-4-13(12)10-17(14)20(16)22-19/h1-11H. The Hall–Kier alpha value is -2.32. The molecule has 0 N–H and O–H groups in total. The van der Waals surface area contributed by atoms with E-state index in [2.05, 4.69) is 70.5 Å². The van der Waals surface area contributed by atoms with Gasteiger partial charge in [-0.3, -0.25) is 0 Å². The molecule has 0 saturated carbocycles. The van der Waals surface area contributed by atoms with Crippen molar-refractivity contribution < 1.29 is 4.42 Å². The van der Waals surface area contributed by atoms with Crippen molar-refractivity contribution in [2.45, 2.75) is 0 Å². The summed E-state index contributed by atoms with van der Waals surface area (Å²) in [6, 6.07) is 23.4. The Morgan fingerprint density at radius 2 is 1.45 bits per heavy atom. The molecule has 5 aromatic rings. The third-order valence-corrected chi connectivity index (χ3v) is 4.77. The summed E-state index contributed by atoms with van der Waals surface area (Å²) in [6.45, 7) is 0. The minimum atomic E-state index is 0.929. The Morgan fingerprint density at radius 1 is 0.636 bits per heavy atom. The largest absolute Gasteiger partial charge is 0.455 e. The van der Waals surface area contributed by atoms with Gasteiger partial charge in [-0.25, -0.2) is 0 Å². The maximum absolute atomic E-state index is 6.15. The number of benzene rings is 4. The summed E-state index contributed by atoms with van der Waals surface area (Å²) in [6.07, 6.45) is 0. The van der Waals surface area contributed by atoms with Gasteiger partial charge in [-0.05, 0) is 52.6 Å². The zero-order chi connectivity index (χ0) is 14.7. The maximum Gasteiger partial charge on any atom is 0.143 e. The highest BCUT2D eigenvalue weighted by molar-refractivity contribution is 9.10. The van der Waals surface area contributed by atoms with E-state index in [1.165, 1.54) is 26.9 Å². The van der Waals surface area contributed by atoms with Gasteiger partial charge < -0.3 is 4.42 Å². The molecular weight excluding hydrogens is 336 g/mol. The highest BCUT2D eigenvalue weighted by atomic mass is 79.9. The van der Waals surface area contributed by atoms with E-state index in [-0.39, 0.29) is 0 Å². The van der Waals surface area contributed by atoms with Crippen LogP contribution in [0.4, 0.5) is 0 Å². The molecule has 0 atom stereocenters. The molecule has 2 heteroatoms. The fourth-order valence-corrected chi connectivity index (χ4v) is 3.58. The lowest BCUT2D eigenvalue weighted by Crippen LogP contribution is -1.77. The molecule has 1 aromatic heterocycles. The van der Waals surface area contributed by atoms with E-state index in [1.807, 2.05) is 12.1 Å². The first-order valence-electron chi connectivity index (χ1n) is 7.23. The Morgan fingerprint density at radius 3 is 2.32 bits per heavy atom. The fraction of sp³-hybridized carbons (Fsp3) is 0. The second kappa shape index (κ2) is 4.34. The van der Waals surface area contributed by atoms with Crippen molar-refractivity contribution >= 4 is 59.4 Å². The van der Waals surface area contributed by atoms with Crippen LogP contribution in [0.15, 0.2) is 75.6 Å². The van der Waals surface area contributed by atoms with Crippen molar-refractivity contribution in [2.24, 2.45) is 0 Å². The Kier molecular flexibility index (Phi) is 2.42. The molecule has 1 heterocycles. The summed E-state index contributed by atoms with van der Waals surface area (Å²) in [5.41, 5.74) is 1.90. The monoisotopic (exact) mass is 346 g/mol. The number of furan rings is 1. The predicted octanol–water partition coefficient (Wildman–Crippen LogP) is 6.65. The molecule has 0 radical (unpaired) electrons. The van der Waals surface area contributed by atoms with Crippen LogP contribution in [-0.2, 0) is 0 Å². The molecule has 22 heavy (non-hydrogen) atoms. The molecule has 4 aromatic carbocycles. The molecular formula is C20H11BrO. The molecule has 0 aliphatic rings. The van der Waals surface area contributed by atoms with Crippen LogP contribution in [0.1, 0.15) is 0 Å². The molecule has 0 spiro atoms. The summed E-state index contributed by atoms with van der Waals surface area (Å²) in [5.74, 6) is 0. The van der Waals surface area contributed by atoms with Crippen molar-refractivity contribution in [1.29, 1.82) is 0 Å². The van der Waals surface area contributed by atoms with Crippen LogP contribution in [0.5, 0.6) is 0 Å². The number of hydrogen-bond acceptors (Lipinski definition) is 1. The topological polar surface area (TPSA) is 13.1 Å². The average Bonchev–Trinajstić information content (AvgIpc) is 2.91. The van der Waals surface area contributed by atoms with Gasteiger partial charge >= 0.3 is 0 Å². The van der Waals surface area contributed by atoms with Gasteiger partial charge in [0.1, 0.15) is 11.2 Å². The number of hydrogen-bond donors (Lipinski definition) is 0. The number of rotatable bonds is 0. The van der Waals surface area contributed by atoms with Crippen LogP contribution in [0, 0.1) is 0 Å². The second-order valence-electron chi connectivity index (χ2n) is 5.61. The van der Waals surface area contributed by atoms with Crippen molar-refractivity contribution in [3.63, 3.8) is 0 Å². The molecule has 5 rings (SSSR count). The van der Waals surface area contributed by atoms with Crippen molar-refractivity contribution in [3.05, 3.63) is 71.2 Å². The predicted molar refractivity (Wildman–Crippen MR) is 96.4 cm³/mol. The van der Waals surface area contributed by atoms with E-state index in [4.69, 9.17) is 4.42 Å². The average molecular weight is 347 g/mol. The van der Waals surface area contributed by atoms with E-state index in [0.29, 0.717) is 0 Å². The van der Waals surface area contributed by atoms with Gasteiger partial charge in [0.25, 0.3) is 0 Å². The summed E-state index contributed by atoms with van der Waals surface area (Å²) in [5, 5.41) is 7.20. The first kappa shape index (κ1) is 12.2. The highest BCUT2D eigenvalue weighted by Crippen LogP contribution is 2.36. The molecule has 0 amide bonds. The molecule has 0 unspecified atom stereocenters. The Labute approximate surface area is 135 Å². The zero-order valence-electron chi connectivity index (χ0n) is 11.6. The van der Waals surface area contributed by atoms with Crippen LogP contribution >= 0.6 is 15.9 Å². The summed E-state index contributed by atoms with van der Waals surface area (Å²) >= 11 is 3.54. The third kappa shape index (κ3) is 1.65. The van der Waals surface area contributed by atoms with Gasteiger partial charge in [-0.1, -0.05) is 46.3 Å². The van der Waals surface area contributed by atoms with Gasteiger partial charge in [0, 0.05) is 20.6 Å². The number of fused-ring (bicyclic) bond motifs is 6. The Balaban J connectivity index is 2.02. The normalized spacial score (nSPS) is 11.9. The van der Waals surface area contributed by atoms with Crippen LogP contribution in [0.3, 0.4) is 0 Å². The van der Waals surface area contributed by atoms with Gasteiger partial charge in [-0.15, -0.1) is 0 Å². The zero-order valence-corrected chi connectivity index (χ0v) is 13.2. The molecule has 104 valence electrons. The lowest BCUT2D eigenvalue weighted by Gasteiger charge is -2.02. The SMILES string of the molecule is Brc1ccc2oc3c4cc5ccccc5cc4ccc3c2c1. The molecule has 0 aliphatic carbocycles. The van der Waals surface area contributed by atoms with Crippen molar-refractivity contribution in [3.8, 4) is 0 Å². The van der Waals surface area contributed by atoms with Crippen LogP contribution in [0.2, 0.25) is 0 Å². The summed E-state index contributed by atoms with van der Waals surface area (Å²) in [7, 11) is 0. The lowest BCUT2D eigenvalue weighted by atomic mass is 10.0. The van der Waals surface area contributed by atoms with Gasteiger partial charge in [0.05, 0.1) is 0 Å². The Bertz CT molecular complexity index is 1180. The number of halogens is 1. The maximum atomic E-state index is 6.15. The van der Waals surface area contributed by atoms with Crippen molar-refractivity contribution in [2.75, 3.05) is 0 Å². The summed E-state index contributed by atoms with van der Waals surface area (Å²) in [4.78, 5) is 0. The summed E-state index contributed by atoms with van der Waals surface area (Å²) < 4.78 is 7.22. The van der Waals surface area contributed by atoms with Crippen LogP contribution in [-0.4, -0.2) is 0 Å². The van der Waals surface area contributed by atoms with Crippen molar-refractivity contribution in [1.82, 2.24) is 0 Å². The molecule has 1 nitrogen and oxygen atoms in total.